The van der Waals surface area contributed by atoms with E-state index in [4.69, 9.17) is 0 Å². The third-order valence-electron chi connectivity index (χ3n) is 5.26. The first-order valence-electron chi connectivity index (χ1n) is 7.22. The molecule has 0 radical (unpaired) electrons. The Hall–Kier alpha value is -1.29. The second kappa shape index (κ2) is 4.35. The Bertz CT molecular complexity index is 555. The van der Waals surface area contributed by atoms with Crippen LogP contribution in [-0.2, 0) is 9.59 Å². The number of imide groups is 1. The number of carbonyl (C=O) groups excluding carboxylic acids is 2. The number of carbonyl (C=O) groups is 2. The van der Waals surface area contributed by atoms with E-state index < -0.39 is 0 Å². The molecule has 1 aromatic rings. The van der Waals surface area contributed by atoms with Gasteiger partial charge in [-0.15, -0.1) is 11.8 Å². The molecule has 1 aliphatic heterocycles. The molecule has 3 aliphatic rings. The van der Waals surface area contributed by atoms with Gasteiger partial charge >= 0.3 is 0 Å². The molecule has 4 atom stereocenters. The van der Waals surface area contributed by atoms with Gasteiger partial charge in [-0.3, -0.25) is 14.5 Å². The molecule has 2 amide bonds. The van der Waals surface area contributed by atoms with Crippen LogP contribution in [0, 0.1) is 23.7 Å². The number of fused-ring (bicyclic) bond motifs is 5. The topological polar surface area (TPSA) is 37.4 Å². The van der Waals surface area contributed by atoms with Gasteiger partial charge in [0.05, 0.1) is 17.5 Å². The summed E-state index contributed by atoms with van der Waals surface area (Å²) < 4.78 is 0. The Morgan fingerprint density at radius 2 is 1.55 bits per heavy atom. The van der Waals surface area contributed by atoms with E-state index in [1.165, 1.54) is 4.90 Å². The zero-order chi connectivity index (χ0) is 13.9. The lowest BCUT2D eigenvalue weighted by molar-refractivity contribution is -0.123. The average molecular weight is 287 g/mol. The number of rotatable bonds is 2. The summed E-state index contributed by atoms with van der Waals surface area (Å²) in [6.07, 6.45) is 5.36. The van der Waals surface area contributed by atoms with Gasteiger partial charge in [0.1, 0.15) is 0 Å². The van der Waals surface area contributed by atoms with Crippen molar-refractivity contribution < 1.29 is 9.59 Å². The molecule has 0 aromatic heterocycles. The summed E-state index contributed by atoms with van der Waals surface area (Å²) in [5.41, 5.74) is 0.742. The molecule has 3 fully saturated rings. The SMILES string of the molecule is CSc1ccc(N2C(=O)[C@@H]3[C@@H]4CC[C@@H](C4)[C@@H]3C2=O)cc1. The molecule has 0 spiro atoms. The summed E-state index contributed by atoms with van der Waals surface area (Å²) in [5.74, 6) is 0.949. The number of hydrogen-bond donors (Lipinski definition) is 0. The highest BCUT2D eigenvalue weighted by Crippen LogP contribution is 2.56. The molecule has 4 heteroatoms. The van der Waals surface area contributed by atoms with E-state index in [9.17, 15) is 9.59 Å². The molecule has 1 heterocycles. The molecule has 0 unspecified atom stereocenters. The fourth-order valence-corrected chi connectivity index (χ4v) is 4.80. The van der Waals surface area contributed by atoms with Crippen LogP contribution >= 0.6 is 11.8 Å². The molecule has 2 saturated carbocycles. The lowest BCUT2D eigenvalue weighted by Gasteiger charge is -2.19. The van der Waals surface area contributed by atoms with E-state index in [0.29, 0.717) is 11.8 Å². The normalized spacial score (nSPS) is 35.0. The van der Waals surface area contributed by atoms with E-state index >= 15 is 0 Å². The number of amides is 2. The number of nitrogens with zero attached hydrogens (tertiary/aromatic N) is 1. The van der Waals surface area contributed by atoms with Gasteiger partial charge in [0.25, 0.3) is 0 Å². The van der Waals surface area contributed by atoms with Crippen molar-refractivity contribution in [1.82, 2.24) is 0 Å². The van der Waals surface area contributed by atoms with Gasteiger partial charge in [-0.05, 0) is 61.6 Å². The van der Waals surface area contributed by atoms with Crippen molar-refractivity contribution in [2.75, 3.05) is 11.2 Å². The van der Waals surface area contributed by atoms with Crippen LogP contribution in [0.1, 0.15) is 19.3 Å². The number of anilines is 1. The van der Waals surface area contributed by atoms with Crippen molar-refractivity contribution >= 4 is 29.3 Å². The molecule has 4 rings (SSSR count). The number of thioether (sulfide) groups is 1. The lowest BCUT2D eigenvalue weighted by Crippen LogP contribution is -2.32. The van der Waals surface area contributed by atoms with Crippen LogP contribution in [0.2, 0.25) is 0 Å². The Morgan fingerprint density at radius 1 is 1.00 bits per heavy atom. The van der Waals surface area contributed by atoms with Crippen molar-refractivity contribution in [3.63, 3.8) is 0 Å². The summed E-state index contributed by atoms with van der Waals surface area (Å²) in [4.78, 5) is 27.9. The first kappa shape index (κ1) is 12.5. The van der Waals surface area contributed by atoms with E-state index in [2.05, 4.69) is 0 Å². The predicted molar refractivity (Wildman–Crippen MR) is 78.5 cm³/mol. The van der Waals surface area contributed by atoms with Gasteiger partial charge in [-0.1, -0.05) is 0 Å². The Morgan fingerprint density at radius 3 is 2.05 bits per heavy atom. The van der Waals surface area contributed by atoms with Crippen molar-refractivity contribution in [3.05, 3.63) is 24.3 Å². The molecule has 2 aliphatic carbocycles. The van der Waals surface area contributed by atoms with Crippen molar-refractivity contribution in [2.24, 2.45) is 23.7 Å². The van der Waals surface area contributed by atoms with Crippen molar-refractivity contribution in [2.45, 2.75) is 24.2 Å². The fraction of sp³-hybridized carbons (Fsp3) is 0.500. The smallest absolute Gasteiger partial charge is 0.237 e. The summed E-state index contributed by atoms with van der Waals surface area (Å²) in [7, 11) is 0. The van der Waals surface area contributed by atoms with Gasteiger partial charge in [0.2, 0.25) is 11.8 Å². The predicted octanol–water partition coefficient (Wildman–Crippen LogP) is 2.94. The van der Waals surface area contributed by atoms with Crippen molar-refractivity contribution in [3.8, 4) is 0 Å². The first-order valence-corrected chi connectivity index (χ1v) is 8.45. The number of hydrogen-bond acceptors (Lipinski definition) is 3. The van der Waals surface area contributed by atoms with E-state index in [1.807, 2.05) is 30.5 Å². The molecular formula is C16H17NO2S. The van der Waals surface area contributed by atoms with Crippen LogP contribution in [0.4, 0.5) is 5.69 Å². The van der Waals surface area contributed by atoms with E-state index in [-0.39, 0.29) is 23.7 Å². The minimum absolute atomic E-state index is 0.0264. The van der Waals surface area contributed by atoms with E-state index in [1.54, 1.807) is 11.8 Å². The van der Waals surface area contributed by atoms with Gasteiger partial charge in [0.15, 0.2) is 0 Å². The zero-order valence-electron chi connectivity index (χ0n) is 11.4. The maximum Gasteiger partial charge on any atom is 0.237 e. The average Bonchev–Trinajstić information content (AvgIpc) is 3.14. The van der Waals surface area contributed by atoms with Crippen LogP contribution in [0.3, 0.4) is 0 Å². The Balaban J connectivity index is 1.69. The molecular weight excluding hydrogens is 270 g/mol. The second-order valence-electron chi connectivity index (χ2n) is 6.09. The quantitative estimate of drug-likeness (QED) is 0.620. The van der Waals surface area contributed by atoms with Gasteiger partial charge < -0.3 is 0 Å². The zero-order valence-corrected chi connectivity index (χ0v) is 12.2. The highest BCUT2D eigenvalue weighted by Gasteiger charge is 2.61. The minimum atomic E-state index is -0.0264. The molecule has 3 nitrogen and oxygen atoms in total. The molecule has 0 N–H and O–H groups in total. The first-order chi connectivity index (χ1) is 9.70. The van der Waals surface area contributed by atoms with E-state index in [0.717, 1.165) is 29.8 Å². The molecule has 104 valence electrons. The third kappa shape index (κ3) is 1.54. The highest BCUT2D eigenvalue weighted by molar-refractivity contribution is 7.98. The lowest BCUT2D eigenvalue weighted by atomic mass is 9.81. The molecule has 1 saturated heterocycles. The van der Waals surface area contributed by atoms with Crippen LogP contribution in [0.25, 0.3) is 0 Å². The largest absolute Gasteiger partial charge is 0.274 e. The Labute approximate surface area is 122 Å². The molecule has 20 heavy (non-hydrogen) atoms. The van der Waals surface area contributed by atoms with Crippen molar-refractivity contribution in [1.29, 1.82) is 0 Å². The Kier molecular flexibility index (Phi) is 2.71. The van der Waals surface area contributed by atoms with Crippen LogP contribution in [0.5, 0.6) is 0 Å². The van der Waals surface area contributed by atoms with Gasteiger partial charge in [-0.25, -0.2) is 0 Å². The van der Waals surface area contributed by atoms with Crippen LogP contribution < -0.4 is 4.90 Å². The fourth-order valence-electron chi connectivity index (χ4n) is 4.39. The molecule has 1 aromatic carbocycles. The standard InChI is InChI=1S/C16H17NO2S/c1-20-12-6-4-11(5-7-12)17-15(18)13-9-2-3-10(8-9)14(13)16(17)19/h4-7,9-10,13-14H,2-3,8H2,1H3/t9-,10+,13-,14+. The van der Waals surface area contributed by atoms with Gasteiger partial charge in [0, 0.05) is 4.90 Å². The maximum atomic E-state index is 12.6. The summed E-state index contributed by atoms with van der Waals surface area (Å²) >= 11 is 1.66. The summed E-state index contributed by atoms with van der Waals surface area (Å²) in [6, 6.07) is 7.74. The highest BCUT2D eigenvalue weighted by atomic mass is 32.2. The van der Waals surface area contributed by atoms with Gasteiger partial charge in [-0.2, -0.15) is 0 Å². The van der Waals surface area contributed by atoms with Crippen LogP contribution in [-0.4, -0.2) is 18.1 Å². The second-order valence-corrected chi connectivity index (χ2v) is 6.97. The summed E-state index contributed by atoms with van der Waals surface area (Å²) in [6.45, 7) is 0. The molecule has 2 bridgehead atoms. The monoisotopic (exact) mass is 287 g/mol. The number of benzene rings is 1. The minimum Gasteiger partial charge on any atom is -0.274 e. The van der Waals surface area contributed by atoms with Crippen LogP contribution in [0.15, 0.2) is 29.2 Å². The summed E-state index contributed by atoms with van der Waals surface area (Å²) in [5, 5.41) is 0. The third-order valence-corrected chi connectivity index (χ3v) is 6.00. The maximum absolute atomic E-state index is 12.6.